The number of ether oxygens (including phenoxy) is 7. The van der Waals surface area contributed by atoms with Crippen LogP contribution in [0.25, 0.3) is 0 Å². The molecular weight excluding hydrogens is 765 g/mol. The van der Waals surface area contributed by atoms with Gasteiger partial charge in [-0.2, -0.15) is 0 Å². The molecule has 2 aliphatic heterocycles. The summed E-state index contributed by atoms with van der Waals surface area (Å²) in [6, 6.07) is 20.8. The summed E-state index contributed by atoms with van der Waals surface area (Å²) in [6.45, 7) is 6.40. The second kappa shape index (κ2) is 20.1. The number of hydrogen-bond donors (Lipinski definition) is 2. The highest BCUT2D eigenvalue weighted by molar-refractivity contribution is 7.99. The Morgan fingerprint density at radius 3 is 2.09 bits per heavy atom. The minimum Gasteiger partial charge on any atom is -0.463 e. The van der Waals surface area contributed by atoms with Crippen molar-refractivity contribution in [1.29, 1.82) is 0 Å². The first-order valence-corrected chi connectivity index (χ1v) is 19.4. The number of pyridine rings is 1. The van der Waals surface area contributed by atoms with Crippen molar-refractivity contribution >= 4 is 58.5 Å². The van der Waals surface area contributed by atoms with E-state index in [0.29, 0.717) is 11.4 Å². The Labute approximate surface area is 334 Å². The van der Waals surface area contributed by atoms with Crippen molar-refractivity contribution in [3.63, 3.8) is 0 Å². The maximum absolute atomic E-state index is 12.3. The molecule has 5 rings (SSSR count). The van der Waals surface area contributed by atoms with Gasteiger partial charge in [0.2, 0.25) is 0 Å². The Bertz CT molecular complexity index is 1830. The number of anilines is 1. The first kappa shape index (κ1) is 42.7. The molecule has 0 amide bonds. The van der Waals surface area contributed by atoms with Gasteiger partial charge in [0.05, 0.1) is 28.8 Å². The van der Waals surface area contributed by atoms with E-state index in [2.05, 4.69) is 17.2 Å². The van der Waals surface area contributed by atoms with Gasteiger partial charge in [-0.15, -0.1) is 11.8 Å². The molecule has 0 bridgehead atoms. The van der Waals surface area contributed by atoms with E-state index in [9.17, 15) is 24.3 Å². The second-order valence-corrected chi connectivity index (χ2v) is 14.9. The fourth-order valence-corrected chi connectivity index (χ4v) is 7.86. The third kappa shape index (κ3) is 11.8. The zero-order valence-corrected chi connectivity index (χ0v) is 33.3. The molecular formula is C40H46N2O12S2. The van der Waals surface area contributed by atoms with Crippen LogP contribution in [0.3, 0.4) is 0 Å². The molecule has 300 valence electrons. The highest BCUT2D eigenvalue weighted by Gasteiger charge is 2.52. The number of rotatable bonds is 14. The fourth-order valence-electron chi connectivity index (χ4n) is 6.55. The monoisotopic (exact) mass is 810 g/mol. The summed E-state index contributed by atoms with van der Waals surface area (Å²) in [7, 11) is 0. The summed E-state index contributed by atoms with van der Waals surface area (Å²) in [4.78, 5) is 53.1. The molecule has 3 heterocycles. The molecule has 3 aromatic rings. The van der Waals surface area contributed by atoms with Crippen molar-refractivity contribution in [3.05, 3.63) is 89.6 Å². The van der Waals surface area contributed by atoms with Gasteiger partial charge in [-0.3, -0.25) is 19.2 Å². The van der Waals surface area contributed by atoms with Gasteiger partial charge < -0.3 is 43.6 Å². The third-order valence-corrected chi connectivity index (χ3v) is 10.4. The van der Waals surface area contributed by atoms with Gasteiger partial charge in [-0.25, -0.2) is 4.98 Å². The van der Waals surface area contributed by atoms with Gasteiger partial charge in [0.25, 0.3) is 0 Å². The maximum Gasteiger partial charge on any atom is 0.303 e. The molecule has 0 spiro atoms. The van der Waals surface area contributed by atoms with E-state index in [1.807, 2.05) is 66.7 Å². The Morgan fingerprint density at radius 1 is 0.786 bits per heavy atom. The van der Waals surface area contributed by atoms with E-state index in [4.69, 9.17) is 45.4 Å². The SMILES string of the molecule is CC(=O)OCC1OC(CC(=S)Nc2cccc(C3OC(CSc4ccccn4)C(C)C(c4ccc(CO)cc4)O3)c2)C(OC(C)=O)C(OC(C)=O)C1OC(C)=O. The van der Waals surface area contributed by atoms with Crippen molar-refractivity contribution in [2.24, 2.45) is 5.92 Å². The molecule has 2 N–H and O–H groups in total. The molecule has 2 aliphatic rings. The van der Waals surface area contributed by atoms with E-state index >= 15 is 0 Å². The van der Waals surface area contributed by atoms with Crippen LogP contribution in [0.1, 0.15) is 70.1 Å². The molecule has 56 heavy (non-hydrogen) atoms. The predicted octanol–water partition coefficient (Wildman–Crippen LogP) is 5.41. The van der Waals surface area contributed by atoms with E-state index in [-0.39, 0.29) is 42.7 Å². The first-order chi connectivity index (χ1) is 26.8. The fraction of sp³-hybridized carbons (Fsp3) is 0.450. The summed E-state index contributed by atoms with van der Waals surface area (Å²) < 4.78 is 41.3. The lowest BCUT2D eigenvalue weighted by atomic mass is 9.91. The van der Waals surface area contributed by atoms with E-state index in [1.165, 1.54) is 13.8 Å². The van der Waals surface area contributed by atoms with Gasteiger partial charge in [0.1, 0.15) is 18.8 Å². The lowest BCUT2D eigenvalue weighted by Gasteiger charge is -2.44. The molecule has 2 fully saturated rings. The molecule has 2 aromatic carbocycles. The predicted molar refractivity (Wildman–Crippen MR) is 207 cm³/mol. The van der Waals surface area contributed by atoms with Crippen LogP contribution in [0.2, 0.25) is 0 Å². The molecule has 9 atom stereocenters. The van der Waals surface area contributed by atoms with Crippen LogP contribution in [-0.4, -0.2) is 87.9 Å². The lowest BCUT2D eigenvalue weighted by Crippen LogP contribution is -2.62. The van der Waals surface area contributed by atoms with Crippen LogP contribution in [0.5, 0.6) is 0 Å². The summed E-state index contributed by atoms with van der Waals surface area (Å²) in [5, 5.41) is 13.7. The van der Waals surface area contributed by atoms with Crippen molar-refractivity contribution in [2.45, 2.75) is 102 Å². The van der Waals surface area contributed by atoms with Crippen LogP contribution in [-0.2, 0) is 58.9 Å². The number of nitrogens with one attached hydrogen (secondary N) is 1. The molecule has 2 saturated heterocycles. The highest BCUT2D eigenvalue weighted by Crippen LogP contribution is 2.43. The van der Waals surface area contributed by atoms with Crippen molar-refractivity contribution in [3.8, 4) is 0 Å². The number of hydrogen-bond acceptors (Lipinski definition) is 15. The number of nitrogens with zero attached hydrogens (tertiary/aromatic N) is 1. The second-order valence-electron chi connectivity index (χ2n) is 13.4. The van der Waals surface area contributed by atoms with Gasteiger partial charge in [0.15, 0.2) is 24.6 Å². The van der Waals surface area contributed by atoms with Crippen LogP contribution in [0, 0.1) is 5.92 Å². The lowest BCUT2D eigenvalue weighted by molar-refractivity contribution is -0.268. The molecule has 9 unspecified atom stereocenters. The highest BCUT2D eigenvalue weighted by atomic mass is 32.2. The van der Waals surface area contributed by atoms with Crippen molar-refractivity contribution in [2.75, 3.05) is 17.7 Å². The summed E-state index contributed by atoms with van der Waals surface area (Å²) >= 11 is 7.37. The summed E-state index contributed by atoms with van der Waals surface area (Å²) in [6.07, 6.45) is -5.49. The average Bonchev–Trinajstić information content (AvgIpc) is 3.16. The van der Waals surface area contributed by atoms with Crippen LogP contribution < -0.4 is 5.32 Å². The smallest absolute Gasteiger partial charge is 0.303 e. The first-order valence-electron chi connectivity index (χ1n) is 18.1. The number of carbonyl (C=O) groups excluding carboxylic acids is 4. The van der Waals surface area contributed by atoms with Crippen LogP contribution in [0.15, 0.2) is 78.0 Å². The Balaban J connectivity index is 1.36. The molecule has 0 radical (unpaired) electrons. The number of esters is 4. The summed E-state index contributed by atoms with van der Waals surface area (Å²) in [5.41, 5.74) is 3.08. The van der Waals surface area contributed by atoms with Gasteiger partial charge in [0, 0.05) is 63.2 Å². The largest absolute Gasteiger partial charge is 0.463 e. The minimum absolute atomic E-state index is 0.0297. The number of aliphatic hydroxyl groups is 1. The zero-order valence-electron chi connectivity index (χ0n) is 31.7. The minimum atomic E-state index is -1.30. The van der Waals surface area contributed by atoms with E-state index in [0.717, 1.165) is 35.6 Å². The Morgan fingerprint density at radius 2 is 1.46 bits per heavy atom. The van der Waals surface area contributed by atoms with Gasteiger partial charge in [-0.1, -0.05) is 61.6 Å². The quantitative estimate of drug-likeness (QED) is 0.0913. The normalized spacial score (nSPS) is 26.0. The standard InChI is InChI=1S/C40H46N2O12S2/c1-22-33(21-56-35-11-6-7-16-41-35)53-40(54-36(22)28-14-12-27(19-43)13-15-28)29-9-8-10-30(17-29)42-34(55)18-31-37(49-24(3)45)39(51-26(5)47)38(50-25(4)46)32(52-31)20-48-23(2)44/h6-17,22,31-33,36-40,43H,18-21H2,1-5H3,(H,42,55). The topological polar surface area (TPSA) is 178 Å². The van der Waals surface area contributed by atoms with Crippen molar-refractivity contribution < 1.29 is 57.4 Å². The van der Waals surface area contributed by atoms with Crippen LogP contribution >= 0.6 is 24.0 Å². The Kier molecular flexibility index (Phi) is 15.3. The third-order valence-electron chi connectivity index (χ3n) is 9.07. The molecule has 0 saturated carbocycles. The summed E-state index contributed by atoms with van der Waals surface area (Å²) in [5.74, 6) is -2.16. The van der Waals surface area contributed by atoms with Crippen molar-refractivity contribution in [1.82, 2.24) is 4.98 Å². The number of thiocarbonyl (C=S) groups is 1. The van der Waals surface area contributed by atoms with E-state index in [1.54, 1.807) is 18.0 Å². The number of benzene rings is 2. The average molecular weight is 811 g/mol. The van der Waals surface area contributed by atoms with Crippen LogP contribution in [0.4, 0.5) is 5.69 Å². The molecule has 14 nitrogen and oxygen atoms in total. The number of carbonyl (C=O) groups is 4. The number of aromatic nitrogens is 1. The molecule has 1 aromatic heterocycles. The van der Waals surface area contributed by atoms with Gasteiger partial charge in [-0.05, 0) is 35.4 Å². The number of aliphatic hydroxyl groups excluding tert-OH is 1. The Hall–Kier alpha value is -4.45. The molecule has 0 aliphatic carbocycles. The van der Waals surface area contributed by atoms with E-state index < -0.39 is 60.7 Å². The zero-order chi connectivity index (χ0) is 40.4. The number of thioether (sulfide) groups is 1. The molecule has 16 heteroatoms. The van der Waals surface area contributed by atoms with Gasteiger partial charge >= 0.3 is 23.9 Å². The maximum atomic E-state index is 12.3.